The van der Waals surface area contributed by atoms with Crippen molar-refractivity contribution in [2.24, 2.45) is 0 Å². The van der Waals surface area contributed by atoms with Crippen molar-refractivity contribution >= 4 is 15.7 Å². The van der Waals surface area contributed by atoms with Gasteiger partial charge in [-0.3, -0.25) is 4.72 Å². The molecule has 0 saturated carbocycles. The fourth-order valence-electron chi connectivity index (χ4n) is 1.98. The number of halogens is 1. The summed E-state index contributed by atoms with van der Waals surface area (Å²) in [5, 5.41) is 0. The Kier molecular flexibility index (Phi) is 4.56. The van der Waals surface area contributed by atoms with E-state index in [0.29, 0.717) is 17.1 Å². The van der Waals surface area contributed by atoms with Crippen LogP contribution < -0.4 is 14.2 Å². The SMILES string of the molecule is COc1cc(C)c(S(=O)(=O)Nc2ccc(F)cc2)cc1OC. The molecule has 118 valence electrons. The molecule has 2 aromatic carbocycles. The molecule has 0 aromatic heterocycles. The molecule has 0 amide bonds. The third kappa shape index (κ3) is 3.30. The second-order valence-electron chi connectivity index (χ2n) is 4.59. The highest BCUT2D eigenvalue weighted by Crippen LogP contribution is 2.33. The Bertz CT molecular complexity index is 773. The summed E-state index contributed by atoms with van der Waals surface area (Å²) < 4.78 is 50.5. The Morgan fingerprint density at radius 3 is 2.09 bits per heavy atom. The van der Waals surface area contributed by atoms with Gasteiger partial charge in [-0.1, -0.05) is 0 Å². The standard InChI is InChI=1S/C15H16FNO4S/c1-10-8-13(20-2)14(21-3)9-15(10)22(18,19)17-12-6-4-11(16)5-7-12/h4-9,17H,1-3H3. The van der Waals surface area contributed by atoms with E-state index < -0.39 is 15.8 Å². The van der Waals surface area contributed by atoms with Gasteiger partial charge in [-0.25, -0.2) is 12.8 Å². The second-order valence-corrected chi connectivity index (χ2v) is 6.24. The minimum Gasteiger partial charge on any atom is -0.493 e. The number of anilines is 1. The van der Waals surface area contributed by atoms with Crippen LogP contribution in [-0.2, 0) is 10.0 Å². The molecule has 22 heavy (non-hydrogen) atoms. The number of aryl methyl sites for hydroxylation is 1. The molecule has 2 rings (SSSR count). The molecule has 0 aliphatic heterocycles. The number of nitrogens with one attached hydrogen (secondary N) is 1. The Morgan fingerprint density at radius 1 is 1.00 bits per heavy atom. The summed E-state index contributed by atoms with van der Waals surface area (Å²) in [7, 11) is -0.920. The van der Waals surface area contributed by atoms with Crippen LogP contribution in [0.3, 0.4) is 0 Å². The average molecular weight is 325 g/mol. The maximum Gasteiger partial charge on any atom is 0.262 e. The lowest BCUT2D eigenvalue weighted by molar-refractivity contribution is 0.353. The van der Waals surface area contributed by atoms with Crippen molar-refractivity contribution in [1.82, 2.24) is 0 Å². The highest BCUT2D eigenvalue weighted by molar-refractivity contribution is 7.92. The maximum absolute atomic E-state index is 12.9. The molecule has 0 aliphatic rings. The van der Waals surface area contributed by atoms with Crippen molar-refractivity contribution < 1.29 is 22.3 Å². The smallest absolute Gasteiger partial charge is 0.262 e. The Morgan fingerprint density at radius 2 is 1.55 bits per heavy atom. The zero-order chi connectivity index (χ0) is 16.3. The first kappa shape index (κ1) is 16.1. The summed E-state index contributed by atoms with van der Waals surface area (Å²) in [5.74, 6) is 0.318. The molecule has 0 radical (unpaired) electrons. The Balaban J connectivity index is 2.42. The second kappa shape index (κ2) is 6.23. The molecule has 0 aliphatic carbocycles. The number of methoxy groups -OCH3 is 2. The van der Waals surface area contributed by atoms with Crippen LogP contribution in [0.25, 0.3) is 0 Å². The van der Waals surface area contributed by atoms with E-state index >= 15 is 0 Å². The first-order valence-corrected chi connectivity index (χ1v) is 7.86. The Labute approximate surface area is 128 Å². The van der Waals surface area contributed by atoms with Crippen LogP contribution in [0.1, 0.15) is 5.56 Å². The summed E-state index contributed by atoms with van der Waals surface area (Å²) in [6, 6.07) is 8.03. The van der Waals surface area contributed by atoms with Gasteiger partial charge in [0.15, 0.2) is 11.5 Å². The number of ether oxygens (including phenoxy) is 2. The van der Waals surface area contributed by atoms with E-state index in [1.807, 2.05) is 0 Å². The average Bonchev–Trinajstić information content (AvgIpc) is 2.48. The van der Waals surface area contributed by atoms with Crippen LogP contribution in [0, 0.1) is 12.7 Å². The van der Waals surface area contributed by atoms with Gasteiger partial charge >= 0.3 is 0 Å². The van der Waals surface area contributed by atoms with E-state index in [2.05, 4.69) is 4.72 Å². The lowest BCUT2D eigenvalue weighted by atomic mass is 10.2. The van der Waals surface area contributed by atoms with Crippen molar-refractivity contribution in [3.8, 4) is 11.5 Å². The van der Waals surface area contributed by atoms with E-state index in [1.165, 1.54) is 44.6 Å². The third-order valence-corrected chi connectivity index (χ3v) is 4.59. The van der Waals surface area contributed by atoms with Gasteiger partial charge in [-0.05, 0) is 42.8 Å². The van der Waals surface area contributed by atoms with Gasteiger partial charge in [0.2, 0.25) is 0 Å². The number of benzene rings is 2. The van der Waals surface area contributed by atoms with Crippen molar-refractivity contribution in [2.75, 3.05) is 18.9 Å². The predicted octanol–water partition coefficient (Wildman–Crippen LogP) is 2.95. The van der Waals surface area contributed by atoms with E-state index in [1.54, 1.807) is 13.0 Å². The summed E-state index contributed by atoms with van der Waals surface area (Å²) in [5.41, 5.74) is 0.780. The van der Waals surface area contributed by atoms with Gasteiger partial charge in [0, 0.05) is 11.8 Å². The van der Waals surface area contributed by atoms with Crippen molar-refractivity contribution in [2.45, 2.75) is 11.8 Å². The fourth-order valence-corrected chi connectivity index (χ4v) is 3.28. The van der Waals surface area contributed by atoms with Crippen LogP contribution in [0.2, 0.25) is 0 Å². The Hall–Kier alpha value is -2.28. The molecule has 7 heteroatoms. The van der Waals surface area contributed by atoms with Crippen LogP contribution in [-0.4, -0.2) is 22.6 Å². The maximum atomic E-state index is 12.9. The zero-order valence-electron chi connectivity index (χ0n) is 12.4. The molecule has 1 N–H and O–H groups in total. The van der Waals surface area contributed by atoms with E-state index in [-0.39, 0.29) is 10.6 Å². The largest absolute Gasteiger partial charge is 0.493 e. The molecule has 0 bridgehead atoms. The highest BCUT2D eigenvalue weighted by atomic mass is 32.2. The quantitative estimate of drug-likeness (QED) is 0.918. The van der Waals surface area contributed by atoms with Gasteiger partial charge in [-0.15, -0.1) is 0 Å². The lowest BCUT2D eigenvalue weighted by Crippen LogP contribution is -2.14. The summed E-state index contributed by atoms with van der Waals surface area (Å²) >= 11 is 0. The number of hydrogen-bond donors (Lipinski definition) is 1. The molecular formula is C15H16FNO4S. The first-order valence-electron chi connectivity index (χ1n) is 6.38. The minimum atomic E-state index is -3.82. The van der Waals surface area contributed by atoms with Gasteiger partial charge in [-0.2, -0.15) is 0 Å². The lowest BCUT2D eigenvalue weighted by Gasteiger charge is -2.14. The molecule has 0 fully saturated rings. The minimum absolute atomic E-state index is 0.0643. The molecule has 0 unspecified atom stereocenters. The third-order valence-electron chi connectivity index (χ3n) is 3.07. The highest BCUT2D eigenvalue weighted by Gasteiger charge is 2.20. The number of hydrogen-bond acceptors (Lipinski definition) is 4. The monoisotopic (exact) mass is 325 g/mol. The molecule has 0 spiro atoms. The molecule has 2 aromatic rings. The molecule has 0 saturated heterocycles. The summed E-state index contributed by atoms with van der Waals surface area (Å²) in [4.78, 5) is 0.0643. The predicted molar refractivity (Wildman–Crippen MR) is 81.5 cm³/mol. The van der Waals surface area contributed by atoms with Gasteiger partial charge in [0.05, 0.1) is 19.1 Å². The van der Waals surface area contributed by atoms with Crippen molar-refractivity contribution in [3.05, 3.63) is 47.8 Å². The van der Waals surface area contributed by atoms with Gasteiger partial charge < -0.3 is 9.47 Å². The van der Waals surface area contributed by atoms with Gasteiger partial charge in [0.1, 0.15) is 5.82 Å². The molecular weight excluding hydrogens is 309 g/mol. The number of sulfonamides is 1. The van der Waals surface area contributed by atoms with Gasteiger partial charge in [0.25, 0.3) is 10.0 Å². The number of rotatable bonds is 5. The van der Waals surface area contributed by atoms with Crippen LogP contribution in [0.15, 0.2) is 41.3 Å². The van der Waals surface area contributed by atoms with E-state index in [0.717, 1.165) is 0 Å². The van der Waals surface area contributed by atoms with E-state index in [9.17, 15) is 12.8 Å². The van der Waals surface area contributed by atoms with Crippen molar-refractivity contribution in [1.29, 1.82) is 0 Å². The van der Waals surface area contributed by atoms with Crippen LogP contribution >= 0.6 is 0 Å². The fraction of sp³-hybridized carbons (Fsp3) is 0.200. The molecule has 5 nitrogen and oxygen atoms in total. The summed E-state index contributed by atoms with van der Waals surface area (Å²) in [6.45, 7) is 1.65. The zero-order valence-corrected chi connectivity index (χ0v) is 13.2. The summed E-state index contributed by atoms with van der Waals surface area (Å²) in [6.07, 6.45) is 0. The van der Waals surface area contributed by atoms with Crippen LogP contribution in [0.5, 0.6) is 11.5 Å². The van der Waals surface area contributed by atoms with Crippen molar-refractivity contribution in [3.63, 3.8) is 0 Å². The first-order chi connectivity index (χ1) is 10.4. The van der Waals surface area contributed by atoms with E-state index in [4.69, 9.17) is 9.47 Å². The van der Waals surface area contributed by atoms with Crippen LogP contribution in [0.4, 0.5) is 10.1 Å². The topological polar surface area (TPSA) is 64.6 Å². The normalized spacial score (nSPS) is 11.1. The molecule has 0 heterocycles. The molecule has 0 atom stereocenters.